The van der Waals surface area contributed by atoms with Gasteiger partial charge in [0.2, 0.25) is 0 Å². The van der Waals surface area contributed by atoms with Crippen molar-refractivity contribution in [2.75, 3.05) is 6.61 Å². The monoisotopic (exact) mass is 266 g/mol. The quantitative estimate of drug-likeness (QED) is 0.769. The lowest BCUT2D eigenvalue weighted by Gasteiger charge is -2.30. The van der Waals surface area contributed by atoms with E-state index in [0.717, 1.165) is 18.8 Å². The Morgan fingerprint density at radius 1 is 1.15 bits per heavy atom. The SMILES string of the molecule is Cc1ccc(C(C)C)cc1OCC1Cc2ccccc21. The molecule has 1 atom stereocenters. The van der Waals surface area contributed by atoms with Crippen LogP contribution in [0.25, 0.3) is 0 Å². The van der Waals surface area contributed by atoms with E-state index >= 15 is 0 Å². The summed E-state index contributed by atoms with van der Waals surface area (Å²) in [6, 6.07) is 15.2. The van der Waals surface area contributed by atoms with E-state index in [2.05, 4.69) is 63.2 Å². The van der Waals surface area contributed by atoms with Crippen LogP contribution in [0.2, 0.25) is 0 Å². The van der Waals surface area contributed by atoms with Crippen LogP contribution in [0.1, 0.15) is 47.9 Å². The Labute approximate surface area is 121 Å². The Hall–Kier alpha value is -1.76. The second kappa shape index (κ2) is 5.32. The molecule has 0 heterocycles. The Kier molecular flexibility index (Phi) is 3.52. The topological polar surface area (TPSA) is 9.23 Å². The number of fused-ring (bicyclic) bond motifs is 1. The Morgan fingerprint density at radius 3 is 2.70 bits per heavy atom. The van der Waals surface area contributed by atoms with E-state index in [4.69, 9.17) is 4.74 Å². The third-order valence-electron chi connectivity index (χ3n) is 4.28. The summed E-state index contributed by atoms with van der Waals surface area (Å²) in [5, 5.41) is 0. The molecule has 0 radical (unpaired) electrons. The highest BCUT2D eigenvalue weighted by Gasteiger charge is 2.26. The van der Waals surface area contributed by atoms with Crippen molar-refractivity contribution in [2.24, 2.45) is 0 Å². The molecule has 2 aromatic rings. The summed E-state index contributed by atoms with van der Waals surface area (Å²) in [6.07, 6.45) is 1.15. The molecule has 0 aliphatic heterocycles. The molecule has 3 rings (SSSR count). The standard InChI is InChI=1S/C19H22O/c1-13(2)15-9-8-14(3)19(11-15)20-12-17-10-16-6-4-5-7-18(16)17/h4-9,11,13,17H,10,12H2,1-3H3. The number of benzene rings is 2. The highest BCUT2D eigenvalue weighted by Crippen LogP contribution is 2.35. The van der Waals surface area contributed by atoms with Crippen LogP contribution < -0.4 is 4.74 Å². The van der Waals surface area contributed by atoms with E-state index in [0.29, 0.717) is 11.8 Å². The Balaban J connectivity index is 1.69. The highest BCUT2D eigenvalue weighted by molar-refractivity contribution is 5.41. The molecule has 0 fully saturated rings. The van der Waals surface area contributed by atoms with Gasteiger partial charge in [0.25, 0.3) is 0 Å². The van der Waals surface area contributed by atoms with Crippen molar-refractivity contribution >= 4 is 0 Å². The molecule has 2 aromatic carbocycles. The lowest BCUT2D eigenvalue weighted by molar-refractivity contribution is 0.273. The van der Waals surface area contributed by atoms with Gasteiger partial charge >= 0.3 is 0 Å². The van der Waals surface area contributed by atoms with Crippen LogP contribution in [0, 0.1) is 6.92 Å². The molecule has 1 nitrogen and oxygen atoms in total. The average Bonchev–Trinajstić information content (AvgIpc) is 2.41. The van der Waals surface area contributed by atoms with Gasteiger partial charge in [-0.1, -0.05) is 50.2 Å². The highest BCUT2D eigenvalue weighted by atomic mass is 16.5. The lowest BCUT2D eigenvalue weighted by atomic mass is 9.78. The van der Waals surface area contributed by atoms with Crippen molar-refractivity contribution in [3.05, 3.63) is 64.7 Å². The van der Waals surface area contributed by atoms with Gasteiger partial charge in [-0.2, -0.15) is 0 Å². The lowest BCUT2D eigenvalue weighted by Crippen LogP contribution is -2.23. The van der Waals surface area contributed by atoms with Gasteiger partial charge in [0.15, 0.2) is 0 Å². The largest absolute Gasteiger partial charge is 0.493 e. The molecule has 0 bridgehead atoms. The third kappa shape index (κ3) is 2.45. The molecule has 20 heavy (non-hydrogen) atoms. The van der Waals surface area contributed by atoms with Crippen molar-refractivity contribution in [1.82, 2.24) is 0 Å². The van der Waals surface area contributed by atoms with Crippen molar-refractivity contribution in [3.8, 4) is 5.75 Å². The van der Waals surface area contributed by atoms with Crippen LogP contribution in [0.3, 0.4) is 0 Å². The first-order chi connectivity index (χ1) is 9.65. The number of hydrogen-bond donors (Lipinski definition) is 0. The van der Waals surface area contributed by atoms with Crippen LogP contribution in [0.5, 0.6) is 5.75 Å². The summed E-state index contributed by atoms with van der Waals surface area (Å²) < 4.78 is 6.09. The predicted molar refractivity (Wildman–Crippen MR) is 83.7 cm³/mol. The number of ether oxygens (including phenoxy) is 1. The van der Waals surface area contributed by atoms with Gasteiger partial charge in [-0.25, -0.2) is 0 Å². The van der Waals surface area contributed by atoms with Gasteiger partial charge in [-0.05, 0) is 47.6 Å². The van der Waals surface area contributed by atoms with Crippen molar-refractivity contribution in [2.45, 2.75) is 39.0 Å². The van der Waals surface area contributed by atoms with E-state index in [1.807, 2.05) is 0 Å². The molecule has 0 N–H and O–H groups in total. The normalized spacial score (nSPS) is 16.7. The molecule has 1 aliphatic rings. The first kappa shape index (κ1) is 13.2. The zero-order valence-electron chi connectivity index (χ0n) is 12.5. The van der Waals surface area contributed by atoms with E-state index in [-0.39, 0.29) is 0 Å². The van der Waals surface area contributed by atoms with Crippen molar-refractivity contribution in [1.29, 1.82) is 0 Å². The second-order valence-corrected chi connectivity index (χ2v) is 6.09. The molecule has 0 aromatic heterocycles. The molecule has 0 saturated carbocycles. The summed E-state index contributed by atoms with van der Waals surface area (Å²) in [4.78, 5) is 0. The first-order valence-electron chi connectivity index (χ1n) is 7.46. The maximum absolute atomic E-state index is 6.09. The number of aryl methyl sites for hydroxylation is 1. The minimum Gasteiger partial charge on any atom is -0.493 e. The minimum absolute atomic E-state index is 0.544. The fourth-order valence-corrected chi connectivity index (χ4v) is 2.83. The number of hydrogen-bond acceptors (Lipinski definition) is 1. The molecule has 0 saturated heterocycles. The first-order valence-corrected chi connectivity index (χ1v) is 7.46. The Bertz CT molecular complexity index is 613. The zero-order chi connectivity index (χ0) is 14.1. The second-order valence-electron chi connectivity index (χ2n) is 6.09. The van der Waals surface area contributed by atoms with Crippen molar-refractivity contribution < 1.29 is 4.74 Å². The molecule has 104 valence electrons. The van der Waals surface area contributed by atoms with Crippen LogP contribution in [-0.2, 0) is 6.42 Å². The van der Waals surface area contributed by atoms with Crippen LogP contribution in [-0.4, -0.2) is 6.61 Å². The average molecular weight is 266 g/mol. The van der Waals surface area contributed by atoms with Crippen LogP contribution in [0.15, 0.2) is 42.5 Å². The summed E-state index contributed by atoms with van der Waals surface area (Å²) >= 11 is 0. The minimum atomic E-state index is 0.544. The van der Waals surface area contributed by atoms with Crippen molar-refractivity contribution in [3.63, 3.8) is 0 Å². The zero-order valence-corrected chi connectivity index (χ0v) is 12.5. The predicted octanol–water partition coefficient (Wildman–Crippen LogP) is 4.84. The molecular formula is C19H22O. The van der Waals surface area contributed by atoms with Gasteiger partial charge in [0.1, 0.15) is 5.75 Å². The summed E-state index contributed by atoms with van der Waals surface area (Å²) in [7, 11) is 0. The Morgan fingerprint density at radius 2 is 1.95 bits per heavy atom. The molecule has 0 amide bonds. The van der Waals surface area contributed by atoms with Crippen LogP contribution >= 0.6 is 0 Å². The smallest absolute Gasteiger partial charge is 0.122 e. The summed E-state index contributed by atoms with van der Waals surface area (Å²) in [5.41, 5.74) is 5.51. The molecular weight excluding hydrogens is 244 g/mol. The maximum atomic E-state index is 6.09. The van der Waals surface area contributed by atoms with Gasteiger partial charge in [-0.3, -0.25) is 0 Å². The van der Waals surface area contributed by atoms with E-state index < -0.39 is 0 Å². The van der Waals surface area contributed by atoms with Gasteiger partial charge in [0.05, 0.1) is 6.61 Å². The fraction of sp³-hybridized carbons (Fsp3) is 0.368. The van der Waals surface area contributed by atoms with Gasteiger partial charge in [0, 0.05) is 5.92 Å². The van der Waals surface area contributed by atoms with Gasteiger partial charge in [-0.15, -0.1) is 0 Å². The third-order valence-corrected chi connectivity index (χ3v) is 4.28. The van der Waals surface area contributed by atoms with Crippen LogP contribution in [0.4, 0.5) is 0 Å². The van der Waals surface area contributed by atoms with E-state index in [9.17, 15) is 0 Å². The van der Waals surface area contributed by atoms with Gasteiger partial charge < -0.3 is 4.74 Å². The number of rotatable bonds is 4. The molecule has 1 heteroatoms. The van der Waals surface area contributed by atoms with E-state index in [1.54, 1.807) is 0 Å². The van der Waals surface area contributed by atoms with E-state index in [1.165, 1.54) is 22.3 Å². The molecule has 0 spiro atoms. The summed E-state index contributed by atoms with van der Waals surface area (Å²) in [6.45, 7) is 7.35. The molecule has 1 unspecified atom stereocenters. The fourth-order valence-electron chi connectivity index (χ4n) is 2.83. The maximum Gasteiger partial charge on any atom is 0.122 e. The molecule has 1 aliphatic carbocycles. The summed E-state index contributed by atoms with van der Waals surface area (Å²) in [5.74, 6) is 2.15.